The molecule has 0 radical (unpaired) electrons. The molecule has 0 N–H and O–H groups in total. The summed E-state index contributed by atoms with van der Waals surface area (Å²) >= 11 is 0. The lowest BCUT2D eigenvalue weighted by Gasteiger charge is -2.01. The van der Waals surface area contributed by atoms with Crippen LogP contribution in [0.15, 0.2) is 53.5 Å². The topological polar surface area (TPSA) is 38.7 Å². The van der Waals surface area contributed by atoms with Gasteiger partial charge < -0.3 is 4.74 Å². The lowest BCUT2D eigenvalue weighted by Crippen LogP contribution is -2.03. The van der Waals surface area contributed by atoms with E-state index in [1.807, 2.05) is 0 Å². The minimum atomic E-state index is -0.346. The van der Waals surface area contributed by atoms with Crippen molar-refractivity contribution in [1.82, 2.24) is 0 Å². The van der Waals surface area contributed by atoms with E-state index < -0.39 is 0 Å². The van der Waals surface area contributed by atoms with E-state index in [-0.39, 0.29) is 11.8 Å². The summed E-state index contributed by atoms with van der Waals surface area (Å²) < 4.78 is 17.6. The summed E-state index contributed by atoms with van der Waals surface area (Å²) in [6, 6.07) is 12.8. The molecule has 0 atom stereocenters. The van der Waals surface area contributed by atoms with Crippen LogP contribution in [-0.2, 0) is 4.74 Å². The van der Waals surface area contributed by atoms with E-state index in [1.165, 1.54) is 12.1 Å². The van der Waals surface area contributed by atoms with Crippen LogP contribution in [0.5, 0.6) is 0 Å². The molecule has 2 rings (SSSR count). The summed E-state index contributed by atoms with van der Waals surface area (Å²) in [5, 5.41) is 0. The summed E-state index contributed by atoms with van der Waals surface area (Å²) in [7, 11) is 0. The number of halogens is 1. The van der Waals surface area contributed by atoms with Gasteiger partial charge in [0, 0.05) is 6.21 Å². The molecular formula is C16H14FNO2. The van der Waals surface area contributed by atoms with Gasteiger partial charge in [0.25, 0.3) is 0 Å². The second-order valence-corrected chi connectivity index (χ2v) is 4.08. The number of carbonyl (C=O) groups excluding carboxylic acids is 1. The third kappa shape index (κ3) is 3.75. The summed E-state index contributed by atoms with van der Waals surface area (Å²) in [5.74, 6) is -0.623. The molecule has 0 saturated heterocycles. The van der Waals surface area contributed by atoms with Gasteiger partial charge in [-0.15, -0.1) is 0 Å². The first-order valence-electron chi connectivity index (χ1n) is 6.26. The molecule has 0 aliphatic rings. The molecule has 0 fully saturated rings. The van der Waals surface area contributed by atoms with Gasteiger partial charge in [-0.1, -0.05) is 12.1 Å². The molecule has 0 bridgehead atoms. The van der Waals surface area contributed by atoms with Crippen LogP contribution in [0.2, 0.25) is 0 Å². The predicted octanol–water partition coefficient (Wildman–Crippen LogP) is 3.75. The minimum Gasteiger partial charge on any atom is -0.462 e. The first kappa shape index (κ1) is 13.9. The van der Waals surface area contributed by atoms with Crippen molar-refractivity contribution in [1.29, 1.82) is 0 Å². The predicted molar refractivity (Wildman–Crippen MR) is 76.1 cm³/mol. The maximum Gasteiger partial charge on any atom is 0.338 e. The van der Waals surface area contributed by atoms with Crippen molar-refractivity contribution in [3.05, 3.63) is 65.5 Å². The van der Waals surface area contributed by atoms with Crippen molar-refractivity contribution in [2.24, 2.45) is 4.99 Å². The maximum atomic E-state index is 12.7. The van der Waals surface area contributed by atoms with Crippen molar-refractivity contribution in [2.75, 3.05) is 6.61 Å². The van der Waals surface area contributed by atoms with Gasteiger partial charge in [-0.3, -0.25) is 4.99 Å². The van der Waals surface area contributed by atoms with Crippen LogP contribution in [0, 0.1) is 5.82 Å². The molecule has 102 valence electrons. The Morgan fingerprint density at radius 2 is 1.80 bits per heavy atom. The van der Waals surface area contributed by atoms with E-state index in [9.17, 15) is 9.18 Å². The molecule has 0 amide bonds. The molecule has 2 aromatic carbocycles. The van der Waals surface area contributed by atoms with Gasteiger partial charge in [0.15, 0.2) is 0 Å². The SMILES string of the molecule is CCOC(=O)c1ccc(N=Cc2ccc(F)cc2)cc1. The molecule has 3 nitrogen and oxygen atoms in total. The molecular weight excluding hydrogens is 257 g/mol. The molecule has 4 heteroatoms. The van der Waals surface area contributed by atoms with Crippen LogP contribution in [0.4, 0.5) is 10.1 Å². The number of aliphatic imine (C=N–C) groups is 1. The summed E-state index contributed by atoms with van der Waals surface area (Å²) in [5.41, 5.74) is 2.01. The third-order valence-electron chi connectivity index (χ3n) is 2.61. The number of benzene rings is 2. The van der Waals surface area contributed by atoms with E-state index >= 15 is 0 Å². The standard InChI is InChI=1S/C16H14FNO2/c1-2-20-16(19)13-5-9-15(10-6-13)18-11-12-3-7-14(17)8-4-12/h3-11H,2H2,1H3. The van der Waals surface area contributed by atoms with Crippen LogP contribution < -0.4 is 0 Å². The Morgan fingerprint density at radius 3 is 2.40 bits per heavy atom. The van der Waals surface area contributed by atoms with Crippen molar-refractivity contribution in [3.63, 3.8) is 0 Å². The van der Waals surface area contributed by atoms with Crippen molar-refractivity contribution >= 4 is 17.9 Å². The molecule has 0 heterocycles. The molecule has 0 aliphatic heterocycles. The number of hydrogen-bond donors (Lipinski definition) is 0. The lowest BCUT2D eigenvalue weighted by molar-refractivity contribution is 0.0526. The summed E-state index contributed by atoms with van der Waals surface area (Å²) in [6.07, 6.45) is 1.64. The summed E-state index contributed by atoms with van der Waals surface area (Å²) in [4.78, 5) is 15.7. The van der Waals surface area contributed by atoms with Crippen molar-refractivity contribution in [3.8, 4) is 0 Å². The second-order valence-electron chi connectivity index (χ2n) is 4.08. The number of esters is 1. The first-order chi connectivity index (χ1) is 9.69. The number of nitrogens with zero attached hydrogens (tertiary/aromatic N) is 1. The average molecular weight is 271 g/mol. The fourth-order valence-electron chi connectivity index (χ4n) is 1.60. The van der Waals surface area contributed by atoms with E-state index in [0.29, 0.717) is 17.9 Å². The lowest BCUT2D eigenvalue weighted by atomic mass is 10.2. The molecule has 0 unspecified atom stereocenters. The van der Waals surface area contributed by atoms with Gasteiger partial charge in [-0.05, 0) is 48.9 Å². The highest BCUT2D eigenvalue weighted by Gasteiger charge is 2.04. The van der Waals surface area contributed by atoms with Gasteiger partial charge in [0.1, 0.15) is 5.82 Å². The monoisotopic (exact) mass is 271 g/mol. The normalized spacial score (nSPS) is 10.7. The quantitative estimate of drug-likeness (QED) is 0.627. The zero-order valence-electron chi connectivity index (χ0n) is 11.0. The number of hydrogen-bond acceptors (Lipinski definition) is 3. The highest BCUT2D eigenvalue weighted by molar-refractivity contribution is 5.90. The minimum absolute atomic E-state index is 0.277. The van der Waals surface area contributed by atoms with Gasteiger partial charge in [-0.25, -0.2) is 9.18 Å². The van der Waals surface area contributed by atoms with E-state index in [1.54, 1.807) is 49.5 Å². The fourth-order valence-corrected chi connectivity index (χ4v) is 1.60. The Labute approximate surface area is 116 Å². The van der Waals surface area contributed by atoms with Gasteiger partial charge in [0.2, 0.25) is 0 Å². The smallest absolute Gasteiger partial charge is 0.338 e. The number of rotatable bonds is 4. The van der Waals surface area contributed by atoms with Crippen molar-refractivity contribution < 1.29 is 13.9 Å². The molecule has 0 aliphatic carbocycles. The number of ether oxygens (including phenoxy) is 1. The van der Waals surface area contributed by atoms with Crippen molar-refractivity contribution in [2.45, 2.75) is 6.92 Å². The Hall–Kier alpha value is -2.49. The van der Waals surface area contributed by atoms with Gasteiger partial charge in [0.05, 0.1) is 17.9 Å². The highest BCUT2D eigenvalue weighted by atomic mass is 19.1. The number of carbonyl (C=O) groups is 1. The van der Waals surface area contributed by atoms with Crippen LogP contribution in [0.3, 0.4) is 0 Å². The third-order valence-corrected chi connectivity index (χ3v) is 2.61. The van der Waals surface area contributed by atoms with E-state index in [2.05, 4.69) is 4.99 Å². The molecule has 2 aromatic rings. The fraction of sp³-hybridized carbons (Fsp3) is 0.125. The highest BCUT2D eigenvalue weighted by Crippen LogP contribution is 2.14. The molecule has 20 heavy (non-hydrogen) atoms. The largest absolute Gasteiger partial charge is 0.462 e. The van der Waals surface area contributed by atoms with Gasteiger partial charge in [-0.2, -0.15) is 0 Å². The van der Waals surface area contributed by atoms with Crippen LogP contribution in [-0.4, -0.2) is 18.8 Å². The zero-order valence-corrected chi connectivity index (χ0v) is 11.0. The Bertz CT molecular complexity index is 603. The van der Waals surface area contributed by atoms with E-state index in [0.717, 1.165) is 5.56 Å². The molecule has 0 spiro atoms. The van der Waals surface area contributed by atoms with Crippen LogP contribution in [0.1, 0.15) is 22.8 Å². The van der Waals surface area contributed by atoms with E-state index in [4.69, 9.17) is 4.74 Å². The Balaban J connectivity index is 2.07. The van der Waals surface area contributed by atoms with Crippen LogP contribution >= 0.6 is 0 Å². The molecule has 0 aromatic heterocycles. The Kier molecular flexibility index (Phi) is 4.60. The summed E-state index contributed by atoms with van der Waals surface area (Å²) in [6.45, 7) is 2.11. The molecule has 0 saturated carbocycles. The van der Waals surface area contributed by atoms with Gasteiger partial charge >= 0.3 is 5.97 Å². The Morgan fingerprint density at radius 1 is 1.15 bits per heavy atom. The second kappa shape index (κ2) is 6.61. The first-order valence-corrected chi connectivity index (χ1v) is 6.26. The average Bonchev–Trinajstić information content (AvgIpc) is 2.47. The zero-order chi connectivity index (χ0) is 14.4. The maximum absolute atomic E-state index is 12.7. The van der Waals surface area contributed by atoms with Crippen LogP contribution in [0.25, 0.3) is 0 Å².